The van der Waals surface area contributed by atoms with Crippen molar-refractivity contribution in [2.75, 3.05) is 11.9 Å². The number of pyridine rings is 1. The highest BCUT2D eigenvalue weighted by atomic mass is 16.5. The Hall–Kier alpha value is -3.60. The molecule has 0 spiro atoms. The number of aromatic nitrogens is 1. The zero-order valence-electron chi connectivity index (χ0n) is 18.1. The van der Waals surface area contributed by atoms with E-state index in [0.29, 0.717) is 13.0 Å². The summed E-state index contributed by atoms with van der Waals surface area (Å²) in [6.07, 6.45) is 0.271. The zero-order chi connectivity index (χ0) is 21.8. The number of hydrogen-bond acceptors (Lipinski definition) is 4. The van der Waals surface area contributed by atoms with Crippen LogP contribution in [0.15, 0.2) is 66.7 Å². The van der Waals surface area contributed by atoms with Crippen LogP contribution in [0.1, 0.15) is 25.0 Å². The summed E-state index contributed by atoms with van der Waals surface area (Å²) < 4.78 is 5.26. The third kappa shape index (κ3) is 4.94. The molecule has 0 atom stereocenters. The number of carbonyl (C=O) groups excluding carboxylic acids is 1. The van der Waals surface area contributed by atoms with E-state index in [1.165, 1.54) is 5.56 Å². The number of nitrogens with zero attached hydrogens (tertiary/aromatic N) is 1. The number of amides is 1. The van der Waals surface area contributed by atoms with Gasteiger partial charge in [-0.05, 0) is 56.2 Å². The van der Waals surface area contributed by atoms with Gasteiger partial charge in [0.15, 0.2) is 0 Å². The number of nitrogens with one attached hydrogen (secondary N) is 2. The lowest BCUT2D eigenvalue weighted by molar-refractivity contribution is 0.145. The number of hydrogen-bond donors (Lipinski definition) is 2. The van der Waals surface area contributed by atoms with Crippen molar-refractivity contribution < 1.29 is 9.53 Å². The molecule has 1 aromatic heterocycles. The maximum absolute atomic E-state index is 11.7. The van der Waals surface area contributed by atoms with Crippen LogP contribution in [-0.4, -0.2) is 23.7 Å². The highest BCUT2D eigenvalue weighted by molar-refractivity contribution is 6.08. The third-order valence-corrected chi connectivity index (χ3v) is 5.06. The van der Waals surface area contributed by atoms with Gasteiger partial charge in [-0.15, -0.1) is 0 Å². The van der Waals surface area contributed by atoms with E-state index in [1.54, 1.807) is 0 Å². The molecule has 3 aromatic carbocycles. The Morgan fingerprint density at radius 3 is 2.61 bits per heavy atom. The second kappa shape index (κ2) is 9.04. The molecule has 0 radical (unpaired) electrons. The number of carbonyl (C=O) groups is 1. The molecule has 0 saturated heterocycles. The number of alkyl carbamates (subject to hydrolysis) is 1. The van der Waals surface area contributed by atoms with E-state index in [0.717, 1.165) is 38.7 Å². The van der Waals surface area contributed by atoms with Crippen molar-refractivity contribution in [1.82, 2.24) is 10.3 Å². The lowest BCUT2D eigenvalue weighted by atomic mass is 10.1. The maximum Gasteiger partial charge on any atom is 0.407 e. The Labute approximate surface area is 182 Å². The molecule has 1 heterocycles. The fraction of sp³-hybridized carbons (Fsp3) is 0.231. The van der Waals surface area contributed by atoms with Crippen molar-refractivity contribution in [1.29, 1.82) is 0 Å². The largest absolute Gasteiger partial charge is 0.449 e. The smallest absolute Gasteiger partial charge is 0.407 e. The second-order valence-electron chi connectivity index (χ2n) is 8.03. The van der Waals surface area contributed by atoms with E-state index in [2.05, 4.69) is 47.9 Å². The Morgan fingerprint density at radius 2 is 1.77 bits per heavy atom. The third-order valence-electron chi connectivity index (χ3n) is 5.06. The molecule has 4 aromatic rings. The molecular weight excluding hydrogens is 386 g/mol. The topological polar surface area (TPSA) is 63.2 Å². The quantitative estimate of drug-likeness (QED) is 0.374. The lowest BCUT2D eigenvalue weighted by Crippen LogP contribution is -2.31. The van der Waals surface area contributed by atoms with Gasteiger partial charge in [-0.3, -0.25) is 0 Å². The van der Waals surface area contributed by atoms with Gasteiger partial charge in [0.1, 0.15) is 0 Å². The zero-order valence-corrected chi connectivity index (χ0v) is 18.1. The van der Waals surface area contributed by atoms with Gasteiger partial charge in [0, 0.05) is 28.9 Å². The Kier molecular flexibility index (Phi) is 6.03. The molecule has 0 unspecified atom stereocenters. The summed E-state index contributed by atoms with van der Waals surface area (Å²) in [5.74, 6) is 0. The number of rotatable bonds is 6. The summed E-state index contributed by atoms with van der Waals surface area (Å²) in [7, 11) is 0. The standard InChI is InChI=1S/C26H27N3O2/c1-17(2)27-26(30)31-14-13-19-7-6-8-20(16-19)28-25-21-9-4-5-10-23(21)29-24-15-18(3)11-12-22(24)25/h4-12,15-17H,13-14H2,1-3H3,(H,27,30)(H,28,29). The van der Waals surface area contributed by atoms with E-state index in [4.69, 9.17) is 9.72 Å². The Morgan fingerprint density at radius 1 is 0.968 bits per heavy atom. The molecule has 0 fully saturated rings. The monoisotopic (exact) mass is 413 g/mol. The first kappa shape index (κ1) is 20.7. The van der Waals surface area contributed by atoms with Crippen LogP contribution < -0.4 is 10.6 Å². The molecule has 158 valence electrons. The number of para-hydroxylation sites is 1. The summed E-state index contributed by atoms with van der Waals surface area (Å²) in [4.78, 5) is 16.5. The molecule has 4 rings (SSSR count). The minimum absolute atomic E-state index is 0.0637. The van der Waals surface area contributed by atoms with Gasteiger partial charge >= 0.3 is 6.09 Å². The number of ether oxygens (including phenoxy) is 1. The summed E-state index contributed by atoms with van der Waals surface area (Å²) in [6, 6.07) is 22.8. The molecular formula is C26H27N3O2. The molecule has 0 aliphatic carbocycles. The first-order valence-corrected chi connectivity index (χ1v) is 10.6. The highest BCUT2D eigenvalue weighted by Gasteiger charge is 2.10. The van der Waals surface area contributed by atoms with E-state index < -0.39 is 0 Å². The number of aryl methyl sites for hydroxylation is 1. The van der Waals surface area contributed by atoms with Crippen molar-refractivity contribution >= 4 is 39.3 Å². The molecule has 0 bridgehead atoms. The van der Waals surface area contributed by atoms with Crippen molar-refractivity contribution in [2.24, 2.45) is 0 Å². The van der Waals surface area contributed by atoms with Gasteiger partial charge in [-0.2, -0.15) is 0 Å². The molecule has 31 heavy (non-hydrogen) atoms. The fourth-order valence-corrected chi connectivity index (χ4v) is 3.63. The molecule has 5 nitrogen and oxygen atoms in total. The number of fused-ring (bicyclic) bond motifs is 2. The minimum Gasteiger partial charge on any atom is -0.449 e. The SMILES string of the molecule is Cc1ccc2c(Nc3cccc(CCOC(=O)NC(C)C)c3)c3ccccc3nc2c1. The van der Waals surface area contributed by atoms with Crippen LogP contribution in [0.2, 0.25) is 0 Å². The van der Waals surface area contributed by atoms with Crippen molar-refractivity contribution in [2.45, 2.75) is 33.2 Å². The average molecular weight is 414 g/mol. The highest BCUT2D eigenvalue weighted by Crippen LogP contribution is 2.33. The molecule has 0 saturated carbocycles. The van der Waals surface area contributed by atoms with E-state index in [9.17, 15) is 4.79 Å². The van der Waals surface area contributed by atoms with Gasteiger partial charge < -0.3 is 15.4 Å². The average Bonchev–Trinajstić information content (AvgIpc) is 2.73. The van der Waals surface area contributed by atoms with Crippen LogP contribution in [0.4, 0.5) is 16.2 Å². The van der Waals surface area contributed by atoms with Crippen LogP contribution in [0, 0.1) is 6.92 Å². The van der Waals surface area contributed by atoms with Crippen LogP contribution >= 0.6 is 0 Å². The predicted molar refractivity (Wildman–Crippen MR) is 127 cm³/mol. The van der Waals surface area contributed by atoms with E-state index >= 15 is 0 Å². The summed E-state index contributed by atoms with van der Waals surface area (Å²) in [5, 5.41) is 8.51. The first-order chi connectivity index (χ1) is 15.0. The molecule has 0 aliphatic heterocycles. The van der Waals surface area contributed by atoms with Crippen LogP contribution in [-0.2, 0) is 11.2 Å². The second-order valence-corrected chi connectivity index (χ2v) is 8.03. The number of anilines is 2. The van der Waals surface area contributed by atoms with Crippen molar-refractivity contribution in [3.8, 4) is 0 Å². The normalized spacial score (nSPS) is 11.1. The fourth-order valence-electron chi connectivity index (χ4n) is 3.63. The minimum atomic E-state index is -0.380. The van der Waals surface area contributed by atoms with Gasteiger partial charge in [-0.25, -0.2) is 9.78 Å². The van der Waals surface area contributed by atoms with Crippen LogP contribution in [0.3, 0.4) is 0 Å². The Bertz CT molecular complexity index is 1230. The number of benzene rings is 3. The van der Waals surface area contributed by atoms with Gasteiger partial charge in [0.25, 0.3) is 0 Å². The van der Waals surface area contributed by atoms with E-state index in [1.807, 2.05) is 50.2 Å². The van der Waals surface area contributed by atoms with Crippen LogP contribution in [0.25, 0.3) is 21.8 Å². The van der Waals surface area contributed by atoms with Crippen LogP contribution in [0.5, 0.6) is 0 Å². The van der Waals surface area contributed by atoms with E-state index in [-0.39, 0.29) is 12.1 Å². The summed E-state index contributed by atoms with van der Waals surface area (Å²) >= 11 is 0. The first-order valence-electron chi connectivity index (χ1n) is 10.6. The summed E-state index contributed by atoms with van der Waals surface area (Å²) in [6.45, 7) is 6.23. The molecule has 0 aliphatic rings. The summed E-state index contributed by atoms with van der Waals surface area (Å²) in [5.41, 5.74) is 6.25. The molecule has 2 N–H and O–H groups in total. The van der Waals surface area contributed by atoms with Gasteiger partial charge in [0.05, 0.1) is 23.3 Å². The van der Waals surface area contributed by atoms with Crippen molar-refractivity contribution in [3.63, 3.8) is 0 Å². The molecule has 5 heteroatoms. The van der Waals surface area contributed by atoms with Crippen molar-refractivity contribution in [3.05, 3.63) is 77.9 Å². The maximum atomic E-state index is 11.7. The van der Waals surface area contributed by atoms with Gasteiger partial charge in [0.2, 0.25) is 0 Å². The molecule has 1 amide bonds. The lowest BCUT2D eigenvalue weighted by Gasteiger charge is -2.15. The predicted octanol–water partition coefficient (Wildman–Crippen LogP) is 6.12. The Balaban J connectivity index is 1.59. The van der Waals surface area contributed by atoms with Gasteiger partial charge in [-0.1, -0.05) is 42.5 Å².